The molecular formula is C16H18N2. The van der Waals surface area contributed by atoms with E-state index in [-0.39, 0.29) is 0 Å². The first-order valence-corrected chi connectivity index (χ1v) is 6.42. The van der Waals surface area contributed by atoms with Gasteiger partial charge in [0.05, 0.1) is 0 Å². The standard InChI is InChI=1S/C16H18N2/c1-11-8-14(17)6-7-16(11)18-15-9-12-4-2-3-5-13(12)10-15/h2-8,15,18H,9-10,17H2,1H3. The van der Waals surface area contributed by atoms with E-state index >= 15 is 0 Å². The van der Waals surface area contributed by atoms with Crippen LogP contribution in [0.1, 0.15) is 16.7 Å². The van der Waals surface area contributed by atoms with Crippen molar-refractivity contribution in [2.75, 3.05) is 11.1 Å². The van der Waals surface area contributed by atoms with Gasteiger partial charge in [-0.3, -0.25) is 0 Å². The van der Waals surface area contributed by atoms with Crippen molar-refractivity contribution in [3.8, 4) is 0 Å². The first-order valence-electron chi connectivity index (χ1n) is 6.42. The maximum absolute atomic E-state index is 5.78. The first-order chi connectivity index (χ1) is 8.72. The van der Waals surface area contributed by atoms with Gasteiger partial charge in [0.1, 0.15) is 0 Å². The number of anilines is 2. The molecule has 1 aliphatic rings. The van der Waals surface area contributed by atoms with Crippen LogP contribution >= 0.6 is 0 Å². The normalized spacial score (nSPS) is 14.5. The number of fused-ring (bicyclic) bond motifs is 1. The Morgan fingerprint density at radius 1 is 1.06 bits per heavy atom. The second kappa shape index (κ2) is 4.37. The zero-order chi connectivity index (χ0) is 12.5. The highest BCUT2D eigenvalue weighted by Crippen LogP contribution is 2.26. The van der Waals surface area contributed by atoms with E-state index < -0.39 is 0 Å². The van der Waals surface area contributed by atoms with Crippen molar-refractivity contribution in [3.63, 3.8) is 0 Å². The highest BCUT2D eigenvalue weighted by molar-refractivity contribution is 5.58. The highest BCUT2D eigenvalue weighted by atomic mass is 14.9. The topological polar surface area (TPSA) is 38.0 Å². The van der Waals surface area contributed by atoms with Crippen LogP contribution in [0.5, 0.6) is 0 Å². The molecule has 18 heavy (non-hydrogen) atoms. The Bertz CT molecular complexity index is 550. The third-order valence-electron chi connectivity index (χ3n) is 3.66. The zero-order valence-electron chi connectivity index (χ0n) is 10.6. The van der Waals surface area contributed by atoms with E-state index in [1.54, 1.807) is 0 Å². The first kappa shape index (κ1) is 11.1. The van der Waals surface area contributed by atoms with E-state index in [0.29, 0.717) is 6.04 Å². The summed E-state index contributed by atoms with van der Waals surface area (Å²) in [6.45, 7) is 2.10. The molecule has 0 amide bonds. The third kappa shape index (κ3) is 2.06. The lowest BCUT2D eigenvalue weighted by Gasteiger charge is -2.16. The summed E-state index contributed by atoms with van der Waals surface area (Å²) in [7, 11) is 0. The molecule has 1 aliphatic carbocycles. The van der Waals surface area contributed by atoms with Crippen molar-refractivity contribution in [2.24, 2.45) is 0 Å². The number of benzene rings is 2. The molecule has 2 aromatic rings. The molecule has 2 aromatic carbocycles. The van der Waals surface area contributed by atoms with Crippen LogP contribution in [-0.2, 0) is 12.8 Å². The molecule has 0 aromatic heterocycles. The van der Waals surface area contributed by atoms with Crippen LogP contribution < -0.4 is 11.1 Å². The average Bonchev–Trinajstić information content (AvgIpc) is 2.75. The summed E-state index contributed by atoms with van der Waals surface area (Å²) in [6, 6.07) is 15.3. The molecule has 0 saturated heterocycles. The molecule has 0 unspecified atom stereocenters. The third-order valence-corrected chi connectivity index (χ3v) is 3.66. The summed E-state index contributed by atoms with van der Waals surface area (Å²) in [5, 5.41) is 3.63. The van der Waals surface area contributed by atoms with Gasteiger partial charge < -0.3 is 11.1 Å². The van der Waals surface area contributed by atoms with Gasteiger partial charge in [0, 0.05) is 17.4 Å². The number of nitrogens with one attached hydrogen (secondary N) is 1. The molecule has 0 saturated carbocycles. The highest BCUT2D eigenvalue weighted by Gasteiger charge is 2.20. The van der Waals surface area contributed by atoms with Gasteiger partial charge in [-0.25, -0.2) is 0 Å². The fourth-order valence-corrected chi connectivity index (χ4v) is 2.73. The lowest BCUT2D eigenvalue weighted by atomic mass is 10.1. The van der Waals surface area contributed by atoms with Crippen molar-refractivity contribution < 1.29 is 0 Å². The predicted octanol–water partition coefficient (Wildman–Crippen LogP) is 3.16. The quantitative estimate of drug-likeness (QED) is 0.789. The van der Waals surface area contributed by atoms with Gasteiger partial charge in [-0.15, -0.1) is 0 Å². The minimum atomic E-state index is 0.504. The number of hydrogen-bond acceptors (Lipinski definition) is 2. The Labute approximate surface area is 108 Å². The second-order valence-corrected chi connectivity index (χ2v) is 5.09. The summed E-state index contributed by atoms with van der Waals surface area (Å²) in [5.74, 6) is 0. The fourth-order valence-electron chi connectivity index (χ4n) is 2.73. The van der Waals surface area contributed by atoms with Crippen molar-refractivity contribution in [3.05, 3.63) is 59.2 Å². The van der Waals surface area contributed by atoms with Crippen molar-refractivity contribution in [1.82, 2.24) is 0 Å². The minimum absolute atomic E-state index is 0.504. The summed E-state index contributed by atoms with van der Waals surface area (Å²) in [4.78, 5) is 0. The summed E-state index contributed by atoms with van der Waals surface area (Å²) >= 11 is 0. The number of rotatable bonds is 2. The zero-order valence-corrected chi connectivity index (χ0v) is 10.6. The van der Waals surface area contributed by atoms with Gasteiger partial charge in [-0.05, 0) is 54.7 Å². The smallest absolute Gasteiger partial charge is 0.0373 e. The lowest BCUT2D eigenvalue weighted by molar-refractivity contribution is 0.773. The van der Waals surface area contributed by atoms with Gasteiger partial charge >= 0.3 is 0 Å². The van der Waals surface area contributed by atoms with E-state index in [2.05, 4.69) is 42.6 Å². The van der Waals surface area contributed by atoms with Crippen LogP contribution in [0, 0.1) is 6.92 Å². The van der Waals surface area contributed by atoms with Gasteiger partial charge in [-0.2, -0.15) is 0 Å². The van der Waals surface area contributed by atoms with Crippen LogP contribution in [0.3, 0.4) is 0 Å². The summed E-state index contributed by atoms with van der Waals surface area (Å²) in [6.07, 6.45) is 2.22. The van der Waals surface area contributed by atoms with E-state index in [4.69, 9.17) is 5.73 Å². The molecule has 2 nitrogen and oxygen atoms in total. The summed E-state index contributed by atoms with van der Waals surface area (Å²) in [5.41, 5.74) is 12.0. The van der Waals surface area contributed by atoms with Crippen molar-refractivity contribution >= 4 is 11.4 Å². The molecule has 0 radical (unpaired) electrons. The van der Waals surface area contributed by atoms with Crippen molar-refractivity contribution in [2.45, 2.75) is 25.8 Å². The van der Waals surface area contributed by atoms with E-state index in [9.17, 15) is 0 Å². The molecule has 92 valence electrons. The molecule has 0 bridgehead atoms. The monoisotopic (exact) mass is 238 g/mol. The molecule has 3 rings (SSSR count). The van der Waals surface area contributed by atoms with Crippen molar-refractivity contribution in [1.29, 1.82) is 0 Å². The van der Waals surface area contributed by atoms with Gasteiger partial charge in [0.15, 0.2) is 0 Å². The lowest BCUT2D eigenvalue weighted by Crippen LogP contribution is -2.20. The van der Waals surface area contributed by atoms with E-state index in [0.717, 1.165) is 18.5 Å². The molecule has 3 N–H and O–H groups in total. The fraction of sp³-hybridized carbons (Fsp3) is 0.250. The Morgan fingerprint density at radius 2 is 1.72 bits per heavy atom. The SMILES string of the molecule is Cc1cc(N)ccc1NC1Cc2ccccc2C1. The molecule has 0 atom stereocenters. The number of nitrogens with two attached hydrogens (primary N) is 1. The maximum Gasteiger partial charge on any atom is 0.0373 e. The number of hydrogen-bond donors (Lipinski definition) is 2. The molecule has 0 fully saturated rings. The van der Waals surface area contributed by atoms with E-state index in [1.165, 1.54) is 22.4 Å². The van der Waals surface area contributed by atoms with Crippen LogP contribution in [0.4, 0.5) is 11.4 Å². The molecule has 0 heterocycles. The molecule has 2 heteroatoms. The van der Waals surface area contributed by atoms with Crippen LogP contribution in [0.2, 0.25) is 0 Å². The Kier molecular flexibility index (Phi) is 2.71. The average molecular weight is 238 g/mol. The predicted molar refractivity (Wildman–Crippen MR) is 76.9 cm³/mol. The van der Waals surface area contributed by atoms with Crippen LogP contribution in [-0.4, -0.2) is 6.04 Å². The number of aryl methyl sites for hydroxylation is 1. The van der Waals surface area contributed by atoms with E-state index in [1.807, 2.05) is 12.1 Å². The number of nitrogen functional groups attached to an aromatic ring is 1. The van der Waals surface area contributed by atoms with Gasteiger partial charge in [0.2, 0.25) is 0 Å². The Morgan fingerprint density at radius 3 is 2.33 bits per heavy atom. The Balaban J connectivity index is 1.76. The molecular weight excluding hydrogens is 220 g/mol. The maximum atomic E-state index is 5.78. The largest absolute Gasteiger partial charge is 0.399 e. The second-order valence-electron chi connectivity index (χ2n) is 5.09. The molecule has 0 aliphatic heterocycles. The van der Waals surface area contributed by atoms with Crippen LogP contribution in [0.15, 0.2) is 42.5 Å². The Hall–Kier alpha value is -1.96. The van der Waals surface area contributed by atoms with Gasteiger partial charge in [0.25, 0.3) is 0 Å². The molecule has 0 spiro atoms. The minimum Gasteiger partial charge on any atom is -0.399 e. The van der Waals surface area contributed by atoms with Gasteiger partial charge in [-0.1, -0.05) is 24.3 Å². The summed E-state index contributed by atoms with van der Waals surface area (Å²) < 4.78 is 0. The van der Waals surface area contributed by atoms with Crippen LogP contribution in [0.25, 0.3) is 0 Å².